The van der Waals surface area contributed by atoms with Gasteiger partial charge in [-0.05, 0) is 6.42 Å². The monoisotopic (exact) mass is 271 g/mol. The third kappa shape index (κ3) is 11.1. The highest BCUT2D eigenvalue weighted by molar-refractivity contribution is 6.56. The van der Waals surface area contributed by atoms with Crippen LogP contribution in [0.3, 0.4) is 0 Å². The maximum Gasteiger partial charge on any atom is 0.168 e. The molecule has 1 atom stereocenters. The van der Waals surface area contributed by atoms with Crippen LogP contribution in [0.25, 0.3) is 0 Å². The minimum absolute atomic E-state index is 0.159. The summed E-state index contributed by atoms with van der Waals surface area (Å²) in [4.78, 5) is 0.305. The number of alkyl halides is 1. The molecule has 0 aromatic carbocycles. The molecule has 0 N–H and O–H groups in total. The van der Waals surface area contributed by atoms with Gasteiger partial charge in [0, 0.05) is 0 Å². The SMILES string of the molecule is CCCCCCCCCCC(Cl)[C](Cl)Cl. The molecule has 0 aliphatic rings. The Hall–Kier alpha value is 0.870. The van der Waals surface area contributed by atoms with Gasteiger partial charge in [0.15, 0.2) is 4.84 Å². The van der Waals surface area contributed by atoms with Crippen LogP contribution >= 0.6 is 34.8 Å². The largest absolute Gasteiger partial charge is 0.168 e. The van der Waals surface area contributed by atoms with Crippen LogP contribution in [0.2, 0.25) is 0 Å². The number of rotatable bonds is 10. The first kappa shape index (κ1) is 15.9. The minimum Gasteiger partial charge on any atom is -0.120 e. The van der Waals surface area contributed by atoms with E-state index in [0.29, 0.717) is 4.84 Å². The molecule has 0 bridgehead atoms. The zero-order chi connectivity index (χ0) is 11.5. The highest BCUT2D eigenvalue weighted by Crippen LogP contribution is 2.26. The predicted octanol–water partition coefficient (Wildman–Crippen LogP) is 6.09. The van der Waals surface area contributed by atoms with Crippen LogP contribution in [0.4, 0.5) is 0 Å². The summed E-state index contributed by atoms with van der Waals surface area (Å²) in [6, 6.07) is 0. The molecule has 0 spiro atoms. The summed E-state index contributed by atoms with van der Waals surface area (Å²) < 4.78 is 0. The lowest BCUT2D eigenvalue weighted by atomic mass is 10.1. The van der Waals surface area contributed by atoms with Crippen molar-refractivity contribution in [1.29, 1.82) is 0 Å². The number of hydrogen-bond acceptors (Lipinski definition) is 0. The van der Waals surface area contributed by atoms with Crippen molar-refractivity contribution in [2.24, 2.45) is 0 Å². The molecule has 1 radical (unpaired) electrons. The molecule has 3 heteroatoms. The van der Waals surface area contributed by atoms with E-state index < -0.39 is 0 Å². The Kier molecular flexibility index (Phi) is 12.0. The molecule has 15 heavy (non-hydrogen) atoms. The molecular formula is C12H22Cl3. The molecule has 0 amide bonds. The molecule has 0 aliphatic carbocycles. The van der Waals surface area contributed by atoms with Crippen molar-refractivity contribution in [3.63, 3.8) is 0 Å². The maximum absolute atomic E-state index is 5.90. The number of hydrogen-bond donors (Lipinski definition) is 0. The molecule has 0 fully saturated rings. The van der Waals surface area contributed by atoms with Gasteiger partial charge < -0.3 is 0 Å². The van der Waals surface area contributed by atoms with E-state index >= 15 is 0 Å². The van der Waals surface area contributed by atoms with E-state index in [1.54, 1.807) is 0 Å². The molecule has 0 saturated heterocycles. The average Bonchev–Trinajstić information content (AvgIpc) is 2.21. The summed E-state index contributed by atoms with van der Waals surface area (Å²) in [5, 5.41) is -0.159. The van der Waals surface area contributed by atoms with E-state index in [-0.39, 0.29) is 5.38 Å². The Morgan fingerprint density at radius 1 is 0.867 bits per heavy atom. The van der Waals surface area contributed by atoms with Crippen molar-refractivity contribution in [2.45, 2.75) is 70.1 Å². The van der Waals surface area contributed by atoms with Crippen molar-refractivity contribution < 1.29 is 0 Å². The van der Waals surface area contributed by atoms with Gasteiger partial charge in [0.2, 0.25) is 0 Å². The average molecular weight is 273 g/mol. The molecule has 91 valence electrons. The Morgan fingerprint density at radius 3 is 1.80 bits per heavy atom. The van der Waals surface area contributed by atoms with Crippen molar-refractivity contribution in [3.8, 4) is 0 Å². The van der Waals surface area contributed by atoms with Gasteiger partial charge in [-0.25, -0.2) is 0 Å². The molecule has 0 nitrogen and oxygen atoms in total. The van der Waals surface area contributed by atoms with E-state index in [1.807, 2.05) is 0 Å². The lowest BCUT2D eigenvalue weighted by Gasteiger charge is -2.08. The van der Waals surface area contributed by atoms with Crippen molar-refractivity contribution >= 4 is 34.8 Å². The second kappa shape index (κ2) is 11.4. The minimum atomic E-state index is -0.159. The Labute approximate surface area is 110 Å². The molecule has 1 unspecified atom stereocenters. The van der Waals surface area contributed by atoms with Crippen LogP contribution in [-0.4, -0.2) is 5.38 Å². The molecule has 0 rings (SSSR count). The zero-order valence-electron chi connectivity index (χ0n) is 9.58. The van der Waals surface area contributed by atoms with Crippen LogP contribution in [0, 0.1) is 4.84 Å². The molecular weight excluding hydrogens is 250 g/mol. The van der Waals surface area contributed by atoms with Gasteiger partial charge in [-0.3, -0.25) is 0 Å². The van der Waals surface area contributed by atoms with Crippen LogP contribution in [0.1, 0.15) is 64.7 Å². The second-order valence-corrected chi connectivity index (χ2v) is 5.56. The third-order valence-corrected chi connectivity index (χ3v) is 3.73. The summed E-state index contributed by atoms with van der Waals surface area (Å²) in [5.74, 6) is 0. The molecule has 0 saturated carbocycles. The quantitative estimate of drug-likeness (QED) is 0.333. The highest BCUT2D eigenvalue weighted by Gasteiger charge is 2.13. The topological polar surface area (TPSA) is 0 Å². The van der Waals surface area contributed by atoms with E-state index in [9.17, 15) is 0 Å². The molecule has 0 aromatic rings. The summed E-state index contributed by atoms with van der Waals surface area (Å²) in [7, 11) is 0. The first-order valence-electron chi connectivity index (χ1n) is 6.00. The van der Waals surface area contributed by atoms with Crippen molar-refractivity contribution in [1.82, 2.24) is 0 Å². The van der Waals surface area contributed by atoms with Gasteiger partial charge in [0.1, 0.15) is 0 Å². The van der Waals surface area contributed by atoms with Gasteiger partial charge in [-0.1, -0.05) is 81.5 Å². The number of unbranched alkanes of at least 4 members (excludes halogenated alkanes) is 7. The summed E-state index contributed by atoms with van der Waals surface area (Å²) >= 11 is 17.0. The Morgan fingerprint density at radius 2 is 1.33 bits per heavy atom. The lowest BCUT2D eigenvalue weighted by molar-refractivity contribution is 0.566. The van der Waals surface area contributed by atoms with Crippen LogP contribution in [0.5, 0.6) is 0 Å². The van der Waals surface area contributed by atoms with E-state index in [0.717, 1.165) is 12.8 Å². The standard InChI is InChI=1S/C12H22Cl3/c1-2-3-4-5-6-7-8-9-10-11(13)12(14)15/h11H,2-10H2,1H3. The Bertz CT molecular complexity index is 126. The van der Waals surface area contributed by atoms with Crippen LogP contribution in [-0.2, 0) is 0 Å². The fourth-order valence-electron chi connectivity index (χ4n) is 1.57. The van der Waals surface area contributed by atoms with Crippen LogP contribution in [0.15, 0.2) is 0 Å². The summed E-state index contributed by atoms with van der Waals surface area (Å²) in [5.41, 5.74) is 0. The normalized spacial score (nSPS) is 13.4. The first-order valence-corrected chi connectivity index (χ1v) is 7.19. The smallest absolute Gasteiger partial charge is 0.120 e. The fourth-order valence-corrected chi connectivity index (χ4v) is 1.94. The van der Waals surface area contributed by atoms with Gasteiger partial charge >= 0.3 is 0 Å². The van der Waals surface area contributed by atoms with E-state index in [1.165, 1.54) is 44.9 Å². The second-order valence-electron chi connectivity index (χ2n) is 4.02. The molecule has 0 aliphatic heterocycles. The van der Waals surface area contributed by atoms with Gasteiger partial charge in [0.05, 0.1) is 5.38 Å². The van der Waals surface area contributed by atoms with Gasteiger partial charge in [-0.2, -0.15) is 0 Å². The van der Waals surface area contributed by atoms with E-state index in [2.05, 4.69) is 6.92 Å². The van der Waals surface area contributed by atoms with E-state index in [4.69, 9.17) is 34.8 Å². The fraction of sp³-hybridized carbons (Fsp3) is 0.917. The van der Waals surface area contributed by atoms with Gasteiger partial charge in [0.25, 0.3) is 0 Å². The zero-order valence-corrected chi connectivity index (χ0v) is 11.8. The molecule has 0 heterocycles. The lowest BCUT2D eigenvalue weighted by Crippen LogP contribution is -2.00. The number of halogens is 3. The van der Waals surface area contributed by atoms with Crippen molar-refractivity contribution in [2.75, 3.05) is 0 Å². The summed E-state index contributed by atoms with van der Waals surface area (Å²) in [6.45, 7) is 2.24. The third-order valence-electron chi connectivity index (χ3n) is 2.55. The summed E-state index contributed by atoms with van der Waals surface area (Å²) in [6.07, 6.45) is 11.4. The van der Waals surface area contributed by atoms with Gasteiger partial charge in [-0.15, -0.1) is 11.6 Å². The van der Waals surface area contributed by atoms with Crippen LogP contribution < -0.4 is 0 Å². The predicted molar refractivity (Wildman–Crippen MR) is 71.8 cm³/mol. The van der Waals surface area contributed by atoms with Crippen molar-refractivity contribution in [3.05, 3.63) is 4.84 Å². The Balaban J connectivity index is 3.05. The first-order chi connectivity index (χ1) is 7.18. The highest BCUT2D eigenvalue weighted by atomic mass is 35.5. The molecule has 0 aromatic heterocycles. The maximum atomic E-state index is 5.90.